The molecule has 6 heteroatoms. The third-order valence-corrected chi connectivity index (χ3v) is 5.04. The van der Waals surface area contributed by atoms with Gasteiger partial charge in [-0.1, -0.05) is 18.2 Å². The standard InChI is InChI=1S/C17H12N2O3S/c1-8-9(2)23-16-13(8)15(20)18-14(19-16)11-7-10-5-3-4-6-12(10)22-17(11)21/h3-7H,1-2H3,(H,18,19,20). The lowest BCUT2D eigenvalue weighted by atomic mass is 10.1. The summed E-state index contributed by atoms with van der Waals surface area (Å²) in [6.07, 6.45) is 0. The van der Waals surface area contributed by atoms with E-state index in [4.69, 9.17) is 4.42 Å². The Balaban J connectivity index is 2.04. The molecule has 0 atom stereocenters. The lowest BCUT2D eigenvalue weighted by molar-refractivity contribution is 0.563. The molecular weight excluding hydrogens is 312 g/mol. The summed E-state index contributed by atoms with van der Waals surface area (Å²) < 4.78 is 5.31. The SMILES string of the molecule is Cc1sc2nc(-c3cc4ccccc4oc3=O)[nH]c(=O)c2c1C. The number of hydrogen-bond donors (Lipinski definition) is 1. The van der Waals surface area contributed by atoms with Crippen LogP contribution in [0.1, 0.15) is 10.4 Å². The second-order valence-corrected chi connectivity index (χ2v) is 6.57. The van der Waals surface area contributed by atoms with Crippen LogP contribution in [0.15, 0.2) is 44.3 Å². The topological polar surface area (TPSA) is 76.0 Å². The Bertz CT molecular complexity index is 1180. The minimum atomic E-state index is -0.517. The first-order valence-electron chi connectivity index (χ1n) is 7.08. The van der Waals surface area contributed by atoms with Crippen molar-refractivity contribution >= 4 is 32.5 Å². The molecule has 0 bridgehead atoms. The van der Waals surface area contributed by atoms with E-state index >= 15 is 0 Å². The molecule has 5 nitrogen and oxygen atoms in total. The van der Waals surface area contributed by atoms with Gasteiger partial charge in [0.2, 0.25) is 0 Å². The fourth-order valence-corrected chi connectivity index (χ4v) is 3.64. The summed E-state index contributed by atoms with van der Waals surface area (Å²) in [6.45, 7) is 3.85. The van der Waals surface area contributed by atoms with Gasteiger partial charge >= 0.3 is 5.63 Å². The van der Waals surface area contributed by atoms with E-state index in [9.17, 15) is 9.59 Å². The number of nitrogens with zero attached hydrogens (tertiary/aromatic N) is 1. The first kappa shape index (κ1) is 13.9. The summed E-state index contributed by atoms with van der Waals surface area (Å²) in [5, 5.41) is 1.37. The van der Waals surface area contributed by atoms with Gasteiger partial charge in [-0.2, -0.15) is 0 Å². The molecule has 114 valence electrons. The number of rotatable bonds is 1. The maximum atomic E-state index is 12.4. The zero-order valence-corrected chi connectivity index (χ0v) is 13.3. The quantitative estimate of drug-likeness (QED) is 0.545. The number of fused-ring (bicyclic) bond motifs is 2. The smallest absolute Gasteiger partial charge is 0.347 e. The molecule has 0 aliphatic rings. The van der Waals surface area contributed by atoms with Gasteiger partial charge < -0.3 is 9.40 Å². The van der Waals surface area contributed by atoms with E-state index in [0.29, 0.717) is 15.8 Å². The van der Waals surface area contributed by atoms with Crippen LogP contribution < -0.4 is 11.2 Å². The zero-order chi connectivity index (χ0) is 16.1. The first-order valence-corrected chi connectivity index (χ1v) is 7.89. The van der Waals surface area contributed by atoms with Crippen LogP contribution >= 0.6 is 11.3 Å². The van der Waals surface area contributed by atoms with Gasteiger partial charge in [-0.05, 0) is 31.5 Å². The van der Waals surface area contributed by atoms with E-state index in [-0.39, 0.29) is 16.9 Å². The lowest BCUT2D eigenvalue weighted by Crippen LogP contribution is -2.13. The van der Waals surface area contributed by atoms with E-state index < -0.39 is 5.63 Å². The lowest BCUT2D eigenvalue weighted by Gasteiger charge is -2.02. The average Bonchev–Trinajstić information content (AvgIpc) is 2.81. The van der Waals surface area contributed by atoms with Crippen molar-refractivity contribution in [2.75, 3.05) is 0 Å². The van der Waals surface area contributed by atoms with Crippen molar-refractivity contribution in [3.8, 4) is 11.4 Å². The van der Waals surface area contributed by atoms with Crippen LogP contribution in [-0.4, -0.2) is 9.97 Å². The van der Waals surface area contributed by atoms with Gasteiger partial charge in [0.1, 0.15) is 21.8 Å². The van der Waals surface area contributed by atoms with Crippen LogP contribution in [0.2, 0.25) is 0 Å². The van der Waals surface area contributed by atoms with Crippen molar-refractivity contribution in [2.24, 2.45) is 0 Å². The number of aromatic nitrogens is 2. The molecule has 0 aliphatic heterocycles. The number of aryl methyl sites for hydroxylation is 2. The summed E-state index contributed by atoms with van der Waals surface area (Å²) in [5.41, 5.74) is 0.936. The van der Waals surface area contributed by atoms with Crippen molar-refractivity contribution in [1.82, 2.24) is 9.97 Å². The van der Waals surface area contributed by atoms with Crippen LogP contribution in [0.4, 0.5) is 0 Å². The zero-order valence-electron chi connectivity index (χ0n) is 12.5. The van der Waals surface area contributed by atoms with Crippen LogP contribution in [0, 0.1) is 13.8 Å². The van der Waals surface area contributed by atoms with Crippen LogP contribution in [-0.2, 0) is 0 Å². The highest BCUT2D eigenvalue weighted by Crippen LogP contribution is 2.27. The van der Waals surface area contributed by atoms with Gasteiger partial charge in [-0.25, -0.2) is 9.78 Å². The fourth-order valence-electron chi connectivity index (χ4n) is 2.61. The summed E-state index contributed by atoms with van der Waals surface area (Å²) in [7, 11) is 0. The molecule has 1 aromatic carbocycles. The molecule has 0 saturated heterocycles. The van der Waals surface area contributed by atoms with E-state index in [0.717, 1.165) is 15.8 Å². The number of hydrogen-bond acceptors (Lipinski definition) is 5. The van der Waals surface area contributed by atoms with Gasteiger partial charge in [0.05, 0.1) is 5.39 Å². The fraction of sp³-hybridized carbons (Fsp3) is 0.118. The highest BCUT2D eigenvalue weighted by atomic mass is 32.1. The molecule has 0 aliphatic carbocycles. The number of benzene rings is 1. The predicted molar refractivity (Wildman–Crippen MR) is 91.2 cm³/mol. The maximum absolute atomic E-state index is 12.4. The average molecular weight is 324 g/mol. The second kappa shape index (κ2) is 4.89. The Morgan fingerprint density at radius 3 is 2.78 bits per heavy atom. The molecule has 3 aromatic heterocycles. The molecular formula is C17H12N2O3S. The number of H-pyrrole nitrogens is 1. The summed E-state index contributed by atoms with van der Waals surface area (Å²) in [6, 6.07) is 8.92. The highest BCUT2D eigenvalue weighted by Gasteiger charge is 2.15. The van der Waals surface area contributed by atoms with E-state index in [2.05, 4.69) is 9.97 Å². The van der Waals surface area contributed by atoms with E-state index in [1.807, 2.05) is 26.0 Å². The monoisotopic (exact) mass is 324 g/mol. The summed E-state index contributed by atoms with van der Waals surface area (Å²) in [5.74, 6) is 0.239. The largest absolute Gasteiger partial charge is 0.422 e. The molecule has 1 N–H and O–H groups in total. The Kier molecular flexibility index (Phi) is 2.96. The van der Waals surface area contributed by atoms with Gasteiger partial charge in [0.15, 0.2) is 0 Å². The van der Waals surface area contributed by atoms with Gasteiger partial charge in [-0.15, -0.1) is 11.3 Å². The van der Waals surface area contributed by atoms with Gasteiger partial charge in [-0.3, -0.25) is 4.79 Å². The van der Waals surface area contributed by atoms with E-state index in [1.54, 1.807) is 18.2 Å². The molecule has 0 amide bonds. The van der Waals surface area contributed by atoms with Crippen LogP contribution in [0.3, 0.4) is 0 Å². The summed E-state index contributed by atoms with van der Waals surface area (Å²) in [4.78, 5) is 33.4. The van der Waals surface area contributed by atoms with Crippen molar-refractivity contribution in [3.63, 3.8) is 0 Å². The van der Waals surface area contributed by atoms with Gasteiger partial charge in [0.25, 0.3) is 5.56 Å². The number of nitrogens with one attached hydrogen (secondary N) is 1. The predicted octanol–water partition coefficient (Wildman–Crippen LogP) is 3.37. The van der Waals surface area contributed by atoms with Crippen LogP contribution in [0.25, 0.3) is 32.6 Å². The van der Waals surface area contributed by atoms with Gasteiger partial charge in [0, 0.05) is 10.3 Å². The Hall–Kier alpha value is -2.73. The maximum Gasteiger partial charge on any atom is 0.347 e. The summed E-state index contributed by atoms with van der Waals surface area (Å²) >= 11 is 1.45. The molecule has 3 heterocycles. The minimum absolute atomic E-state index is 0.237. The Morgan fingerprint density at radius 2 is 1.96 bits per heavy atom. The Labute approximate surface area is 134 Å². The normalized spacial score (nSPS) is 11.4. The molecule has 0 saturated carbocycles. The van der Waals surface area contributed by atoms with Crippen molar-refractivity contribution in [1.29, 1.82) is 0 Å². The third kappa shape index (κ3) is 2.10. The van der Waals surface area contributed by atoms with Crippen molar-refractivity contribution in [2.45, 2.75) is 13.8 Å². The second-order valence-electron chi connectivity index (χ2n) is 5.36. The third-order valence-electron chi connectivity index (χ3n) is 3.94. The number of para-hydroxylation sites is 1. The highest BCUT2D eigenvalue weighted by molar-refractivity contribution is 7.18. The molecule has 23 heavy (non-hydrogen) atoms. The minimum Gasteiger partial charge on any atom is -0.422 e. The molecule has 0 radical (unpaired) electrons. The molecule has 0 unspecified atom stereocenters. The van der Waals surface area contributed by atoms with Crippen molar-refractivity contribution in [3.05, 3.63) is 61.5 Å². The number of thiophene rings is 1. The van der Waals surface area contributed by atoms with Crippen LogP contribution in [0.5, 0.6) is 0 Å². The first-order chi connectivity index (χ1) is 11.0. The Morgan fingerprint density at radius 1 is 1.17 bits per heavy atom. The van der Waals surface area contributed by atoms with E-state index in [1.165, 1.54) is 11.3 Å². The molecule has 0 fully saturated rings. The van der Waals surface area contributed by atoms with Crippen molar-refractivity contribution < 1.29 is 4.42 Å². The molecule has 4 aromatic rings. The molecule has 4 rings (SSSR count). The molecule has 0 spiro atoms. The number of aromatic amines is 1.